The molecular weight excluding hydrogens is 444 g/mol. The standard InChI is InChI=1S/C28H31BrN2/c1-3-5-20-6-8-22(25(19-31)24(20)18-30)23-9-7-21(17-26(23)29)28-14-11-27(10-4-2,12-15-28)13-16-28/h6-9,17H,3-5,10-16H2,1-2H3. The summed E-state index contributed by atoms with van der Waals surface area (Å²) >= 11 is 3.82. The van der Waals surface area contributed by atoms with E-state index in [-0.39, 0.29) is 0 Å². The lowest BCUT2D eigenvalue weighted by molar-refractivity contribution is 0.0320. The Labute approximate surface area is 195 Å². The molecular formula is C28H31BrN2. The maximum atomic E-state index is 9.87. The van der Waals surface area contributed by atoms with Gasteiger partial charge < -0.3 is 0 Å². The third-order valence-electron chi connectivity index (χ3n) is 8.09. The van der Waals surface area contributed by atoms with E-state index in [1.165, 1.54) is 56.9 Å². The monoisotopic (exact) mass is 474 g/mol. The number of aryl methyl sites for hydroxylation is 1. The van der Waals surface area contributed by atoms with E-state index >= 15 is 0 Å². The average molecular weight is 475 g/mol. The number of hydrogen-bond acceptors (Lipinski definition) is 2. The molecule has 2 bridgehead atoms. The van der Waals surface area contributed by atoms with Crippen LogP contribution < -0.4 is 0 Å². The maximum absolute atomic E-state index is 9.87. The molecule has 3 saturated carbocycles. The van der Waals surface area contributed by atoms with Gasteiger partial charge in [0.25, 0.3) is 0 Å². The predicted octanol–water partition coefficient (Wildman–Crippen LogP) is 8.20. The lowest BCUT2D eigenvalue weighted by Gasteiger charge is -2.54. The highest BCUT2D eigenvalue weighted by molar-refractivity contribution is 9.10. The summed E-state index contributed by atoms with van der Waals surface area (Å²) in [6.07, 6.45) is 12.5. The highest BCUT2D eigenvalue weighted by Gasteiger charge is 2.48. The minimum atomic E-state index is 0.317. The van der Waals surface area contributed by atoms with Gasteiger partial charge in [0, 0.05) is 10.0 Å². The molecule has 0 amide bonds. The quantitative estimate of drug-likeness (QED) is 0.423. The third kappa shape index (κ3) is 3.83. The van der Waals surface area contributed by atoms with E-state index in [0.717, 1.165) is 34.0 Å². The molecule has 0 unspecified atom stereocenters. The van der Waals surface area contributed by atoms with E-state index in [1.807, 2.05) is 12.1 Å². The topological polar surface area (TPSA) is 47.6 Å². The van der Waals surface area contributed by atoms with Gasteiger partial charge in [-0.1, -0.05) is 66.9 Å². The van der Waals surface area contributed by atoms with Gasteiger partial charge in [0.15, 0.2) is 0 Å². The van der Waals surface area contributed by atoms with E-state index < -0.39 is 0 Å². The van der Waals surface area contributed by atoms with Crippen LogP contribution in [0.2, 0.25) is 0 Å². The van der Waals surface area contributed by atoms with Gasteiger partial charge >= 0.3 is 0 Å². The minimum absolute atomic E-state index is 0.317. The van der Waals surface area contributed by atoms with Crippen LogP contribution in [0.1, 0.15) is 93.9 Å². The van der Waals surface area contributed by atoms with Gasteiger partial charge in [0.2, 0.25) is 0 Å². The molecule has 0 saturated heterocycles. The molecule has 2 nitrogen and oxygen atoms in total. The van der Waals surface area contributed by atoms with Crippen LogP contribution in [0.25, 0.3) is 11.1 Å². The van der Waals surface area contributed by atoms with Gasteiger partial charge in [-0.3, -0.25) is 0 Å². The van der Waals surface area contributed by atoms with Crippen LogP contribution >= 0.6 is 15.9 Å². The van der Waals surface area contributed by atoms with Crippen LogP contribution in [-0.4, -0.2) is 0 Å². The Morgan fingerprint density at radius 2 is 1.48 bits per heavy atom. The van der Waals surface area contributed by atoms with Gasteiger partial charge in [0.1, 0.15) is 12.1 Å². The second kappa shape index (κ2) is 8.80. The van der Waals surface area contributed by atoms with Gasteiger partial charge in [-0.2, -0.15) is 10.5 Å². The first-order chi connectivity index (χ1) is 15.0. The SMILES string of the molecule is CCCc1ccc(-c2ccc(C34CCC(CCC)(CC3)CC4)cc2Br)c(C#N)c1C#N. The van der Waals surface area contributed by atoms with Crippen molar-refractivity contribution >= 4 is 15.9 Å². The second-order valence-corrected chi connectivity index (χ2v) is 10.6. The summed E-state index contributed by atoms with van der Waals surface area (Å²) in [5, 5.41) is 19.6. The Morgan fingerprint density at radius 3 is 2.03 bits per heavy atom. The molecule has 0 N–H and O–H groups in total. The summed E-state index contributed by atoms with van der Waals surface area (Å²) < 4.78 is 1.03. The number of nitrogens with zero attached hydrogens (tertiary/aromatic N) is 2. The number of benzene rings is 2. The first-order valence-electron chi connectivity index (χ1n) is 11.8. The summed E-state index contributed by atoms with van der Waals surface area (Å²) in [5.74, 6) is 0. The van der Waals surface area contributed by atoms with Crippen molar-refractivity contribution in [3.63, 3.8) is 0 Å². The van der Waals surface area contributed by atoms with Crippen LogP contribution in [0.15, 0.2) is 34.8 Å². The fourth-order valence-electron chi connectivity index (χ4n) is 6.26. The second-order valence-electron chi connectivity index (χ2n) is 9.72. The van der Waals surface area contributed by atoms with E-state index in [9.17, 15) is 10.5 Å². The molecule has 3 aliphatic rings. The Kier molecular flexibility index (Phi) is 6.27. The minimum Gasteiger partial charge on any atom is -0.192 e. The maximum Gasteiger partial charge on any atom is 0.101 e. The molecule has 0 aliphatic heterocycles. The van der Waals surface area contributed by atoms with E-state index in [0.29, 0.717) is 22.0 Å². The van der Waals surface area contributed by atoms with Crippen molar-refractivity contribution in [1.29, 1.82) is 10.5 Å². The van der Waals surface area contributed by atoms with Crippen LogP contribution in [0.3, 0.4) is 0 Å². The average Bonchev–Trinajstić information content (AvgIpc) is 2.80. The van der Waals surface area contributed by atoms with E-state index in [4.69, 9.17) is 0 Å². The first-order valence-corrected chi connectivity index (χ1v) is 12.6. The molecule has 0 atom stereocenters. The highest BCUT2D eigenvalue weighted by Crippen LogP contribution is 2.59. The van der Waals surface area contributed by atoms with Crippen molar-refractivity contribution in [3.8, 4) is 23.3 Å². The molecule has 160 valence electrons. The molecule has 0 spiro atoms. The van der Waals surface area contributed by atoms with Crippen molar-refractivity contribution < 1.29 is 0 Å². The Morgan fingerprint density at radius 1 is 0.839 bits per heavy atom. The van der Waals surface area contributed by atoms with Gasteiger partial charge in [0.05, 0.1) is 11.1 Å². The lowest BCUT2D eigenvalue weighted by Crippen LogP contribution is -2.44. The number of fused-ring (bicyclic) bond motifs is 3. The van der Waals surface area contributed by atoms with Gasteiger partial charge in [-0.05, 0) is 85.0 Å². The van der Waals surface area contributed by atoms with Crippen LogP contribution in [0.4, 0.5) is 0 Å². The number of rotatable bonds is 6. The predicted molar refractivity (Wildman–Crippen MR) is 130 cm³/mol. The molecule has 3 aliphatic carbocycles. The fraction of sp³-hybridized carbons (Fsp3) is 0.500. The molecule has 2 aromatic rings. The normalized spacial score (nSPS) is 24.5. The summed E-state index contributed by atoms with van der Waals surface area (Å²) in [6.45, 7) is 4.42. The molecule has 2 aromatic carbocycles. The Hall–Kier alpha value is -2.10. The fourth-order valence-corrected chi connectivity index (χ4v) is 6.85. The van der Waals surface area contributed by atoms with Crippen molar-refractivity contribution in [2.75, 3.05) is 0 Å². The largest absolute Gasteiger partial charge is 0.192 e. The van der Waals surface area contributed by atoms with Crippen LogP contribution in [-0.2, 0) is 11.8 Å². The zero-order chi connectivity index (χ0) is 22.1. The Balaban J connectivity index is 1.69. The first kappa shape index (κ1) is 22.1. The third-order valence-corrected chi connectivity index (χ3v) is 8.74. The van der Waals surface area contributed by atoms with Crippen LogP contribution in [0.5, 0.6) is 0 Å². The van der Waals surface area contributed by atoms with Crippen LogP contribution in [0, 0.1) is 28.1 Å². The molecule has 0 aromatic heterocycles. The van der Waals surface area contributed by atoms with Crippen molar-refractivity contribution in [3.05, 3.63) is 57.1 Å². The molecule has 0 radical (unpaired) electrons. The summed E-state index contributed by atoms with van der Waals surface area (Å²) in [4.78, 5) is 0. The van der Waals surface area contributed by atoms with E-state index in [2.05, 4.69) is 60.1 Å². The molecule has 5 rings (SSSR count). The van der Waals surface area contributed by atoms with Crippen molar-refractivity contribution in [1.82, 2.24) is 0 Å². The summed E-state index contributed by atoms with van der Waals surface area (Å²) in [6, 6.07) is 15.4. The highest BCUT2D eigenvalue weighted by atomic mass is 79.9. The zero-order valence-corrected chi connectivity index (χ0v) is 20.3. The number of hydrogen-bond donors (Lipinski definition) is 0. The van der Waals surface area contributed by atoms with Crippen molar-refractivity contribution in [2.24, 2.45) is 5.41 Å². The lowest BCUT2D eigenvalue weighted by atomic mass is 9.51. The summed E-state index contributed by atoms with van der Waals surface area (Å²) in [7, 11) is 0. The zero-order valence-electron chi connectivity index (χ0n) is 18.7. The molecule has 31 heavy (non-hydrogen) atoms. The smallest absolute Gasteiger partial charge is 0.101 e. The Bertz CT molecular complexity index is 1050. The molecule has 3 fully saturated rings. The molecule has 0 heterocycles. The summed E-state index contributed by atoms with van der Waals surface area (Å²) in [5.41, 5.74) is 6.22. The van der Waals surface area contributed by atoms with Gasteiger partial charge in [-0.15, -0.1) is 0 Å². The van der Waals surface area contributed by atoms with Crippen molar-refractivity contribution in [2.45, 2.75) is 83.5 Å². The van der Waals surface area contributed by atoms with Gasteiger partial charge in [-0.25, -0.2) is 0 Å². The molecule has 3 heteroatoms. The number of halogens is 1. The number of nitriles is 2. The van der Waals surface area contributed by atoms with E-state index in [1.54, 1.807) is 0 Å².